The number of carbonyl (C=O) groups is 2. The van der Waals surface area contributed by atoms with Gasteiger partial charge in [-0.05, 0) is 36.2 Å². The van der Waals surface area contributed by atoms with Gasteiger partial charge in [-0.25, -0.2) is 0 Å². The quantitative estimate of drug-likeness (QED) is 0.655. The van der Waals surface area contributed by atoms with Gasteiger partial charge >= 0.3 is 0 Å². The Morgan fingerprint density at radius 3 is 2.59 bits per heavy atom. The molecule has 6 nitrogen and oxygen atoms in total. The maximum absolute atomic E-state index is 12.5. The van der Waals surface area contributed by atoms with Crippen molar-refractivity contribution in [1.82, 2.24) is 4.90 Å². The molecule has 0 saturated carbocycles. The molecule has 0 radical (unpaired) electrons. The number of para-hydroxylation sites is 1. The molecule has 29 heavy (non-hydrogen) atoms. The van der Waals surface area contributed by atoms with E-state index < -0.39 is 0 Å². The van der Waals surface area contributed by atoms with Crippen LogP contribution in [0, 0.1) is 0 Å². The fourth-order valence-electron chi connectivity index (χ4n) is 3.11. The SMILES string of the molecule is CCc1ccccc1NC(=O)CN(C)C(=O)C[NH+](C)Cc1cc(Cl)ccc1OC. The summed E-state index contributed by atoms with van der Waals surface area (Å²) >= 11 is 6.07. The summed E-state index contributed by atoms with van der Waals surface area (Å²) in [7, 11) is 5.17. The van der Waals surface area contributed by atoms with Crippen molar-refractivity contribution in [1.29, 1.82) is 0 Å². The Kier molecular flexibility index (Phi) is 8.49. The van der Waals surface area contributed by atoms with E-state index in [9.17, 15) is 9.59 Å². The molecule has 2 aromatic rings. The van der Waals surface area contributed by atoms with Crippen LogP contribution in [0.25, 0.3) is 0 Å². The molecule has 2 rings (SSSR count). The number of nitrogens with one attached hydrogen (secondary N) is 2. The second-order valence-electron chi connectivity index (χ2n) is 7.08. The monoisotopic (exact) mass is 418 g/mol. The standard InChI is InChI=1S/C22H28ClN3O3/c1-5-16-8-6-7-9-19(16)24-21(27)14-26(3)22(28)15-25(2)13-17-12-18(23)10-11-20(17)29-4/h6-12H,5,13-15H2,1-4H3,(H,24,27)/p+1. The highest BCUT2D eigenvalue weighted by Crippen LogP contribution is 2.21. The first kappa shape index (κ1) is 22.7. The van der Waals surface area contributed by atoms with Crippen molar-refractivity contribution < 1.29 is 19.2 Å². The molecule has 0 spiro atoms. The molecule has 2 aromatic carbocycles. The van der Waals surface area contributed by atoms with Gasteiger partial charge in [0.2, 0.25) is 5.91 Å². The number of hydrogen-bond acceptors (Lipinski definition) is 3. The van der Waals surface area contributed by atoms with Gasteiger partial charge in [0.05, 0.1) is 20.7 Å². The molecule has 156 valence electrons. The molecular formula is C22H29ClN3O3+. The highest BCUT2D eigenvalue weighted by molar-refractivity contribution is 6.30. The Labute approximate surface area is 177 Å². The van der Waals surface area contributed by atoms with Crippen LogP contribution in [0.1, 0.15) is 18.1 Å². The Balaban J connectivity index is 1.89. The summed E-state index contributed by atoms with van der Waals surface area (Å²) in [6.07, 6.45) is 0.826. The average molecular weight is 419 g/mol. The number of quaternary nitrogens is 1. The van der Waals surface area contributed by atoms with Gasteiger partial charge in [0.25, 0.3) is 5.91 Å². The average Bonchev–Trinajstić information content (AvgIpc) is 2.68. The van der Waals surface area contributed by atoms with Crippen molar-refractivity contribution >= 4 is 29.1 Å². The van der Waals surface area contributed by atoms with Crippen molar-refractivity contribution in [3.8, 4) is 5.75 Å². The highest BCUT2D eigenvalue weighted by atomic mass is 35.5. The lowest BCUT2D eigenvalue weighted by Crippen LogP contribution is -3.08. The Morgan fingerprint density at radius 1 is 1.17 bits per heavy atom. The fourth-order valence-corrected chi connectivity index (χ4v) is 3.30. The summed E-state index contributed by atoms with van der Waals surface area (Å²) < 4.78 is 5.36. The zero-order chi connectivity index (χ0) is 21.4. The van der Waals surface area contributed by atoms with Gasteiger partial charge in [-0.15, -0.1) is 0 Å². The second-order valence-corrected chi connectivity index (χ2v) is 7.51. The van der Waals surface area contributed by atoms with E-state index in [2.05, 4.69) is 5.32 Å². The number of nitrogens with zero attached hydrogens (tertiary/aromatic N) is 1. The van der Waals surface area contributed by atoms with Gasteiger partial charge in [-0.3, -0.25) is 9.59 Å². The van der Waals surface area contributed by atoms with Gasteiger partial charge < -0.3 is 19.9 Å². The van der Waals surface area contributed by atoms with Crippen LogP contribution < -0.4 is 15.0 Å². The van der Waals surface area contributed by atoms with Crippen LogP contribution in [0.4, 0.5) is 5.69 Å². The topological polar surface area (TPSA) is 63.1 Å². The van der Waals surface area contributed by atoms with Crippen molar-refractivity contribution in [3.05, 3.63) is 58.6 Å². The molecule has 0 heterocycles. The molecule has 7 heteroatoms. The first-order valence-corrected chi connectivity index (χ1v) is 9.97. The van der Waals surface area contributed by atoms with Crippen LogP contribution in [-0.4, -0.2) is 51.0 Å². The third-order valence-electron chi connectivity index (χ3n) is 4.67. The third-order valence-corrected chi connectivity index (χ3v) is 4.90. The molecule has 0 aliphatic heterocycles. The van der Waals surface area contributed by atoms with Crippen LogP contribution in [0.15, 0.2) is 42.5 Å². The molecule has 2 amide bonds. The molecule has 0 bridgehead atoms. The maximum Gasteiger partial charge on any atom is 0.277 e. The smallest absolute Gasteiger partial charge is 0.277 e. The largest absolute Gasteiger partial charge is 0.496 e. The number of carbonyl (C=O) groups excluding carboxylic acids is 2. The second kappa shape index (κ2) is 10.8. The number of amides is 2. The van der Waals surface area contributed by atoms with Crippen molar-refractivity contribution in [3.63, 3.8) is 0 Å². The first-order valence-electron chi connectivity index (χ1n) is 9.59. The molecule has 0 aliphatic carbocycles. The minimum absolute atomic E-state index is 0.00461. The zero-order valence-electron chi connectivity index (χ0n) is 17.4. The molecule has 1 atom stereocenters. The zero-order valence-corrected chi connectivity index (χ0v) is 18.2. The van der Waals surface area contributed by atoms with E-state index in [0.29, 0.717) is 11.6 Å². The summed E-state index contributed by atoms with van der Waals surface area (Å²) in [6, 6.07) is 13.1. The van der Waals surface area contributed by atoms with Crippen molar-refractivity contribution in [2.24, 2.45) is 0 Å². The summed E-state index contributed by atoms with van der Waals surface area (Å²) in [4.78, 5) is 27.3. The normalized spacial score (nSPS) is 11.6. The summed E-state index contributed by atoms with van der Waals surface area (Å²) in [5.41, 5.74) is 2.79. The highest BCUT2D eigenvalue weighted by Gasteiger charge is 2.19. The predicted molar refractivity (Wildman–Crippen MR) is 116 cm³/mol. The van der Waals surface area contributed by atoms with E-state index in [4.69, 9.17) is 16.3 Å². The Bertz CT molecular complexity index is 857. The van der Waals surface area contributed by atoms with Crippen molar-refractivity contribution in [2.75, 3.05) is 39.6 Å². The molecule has 0 fully saturated rings. The predicted octanol–water partition coefficient (Wildman–Crippen LogP) is 2.02. The van der Waals surface area contributed by atoms with Gasteiger partial charge in [0.15, 0.2) is 6.54 Å². The number of ether oxygens (including phenoxy) is 1. The lowest BCUT2D eigenvalue weighted by Gasteiger charge is -2.20. The number of benzene rings is 2. The summed E-state index contributed by atoms with van der Waals surface area (Å²) in [5, 5.41) is 3.52. The molecule has 1 unspecified atom stereocenters. The summed E-state index contributed by atoms with van der Waals surface area (Å²) in [6.45, 7) is 2.88. The summed E-state index contributed by atoms with van der Waals surface area (Å²) in [5.74, 6) is 0.418. The minimum Gasteiger partial charge on any atom is -0.496 e. The van der Waals surface area contributed by atoms with E-state index in [-0.39, 0.29) is 24.9 Å². The molecule has 0 saturated heterocycles. The first-order chi connectivity index (χ1) is 13.8. The van der Waals surface area contributed by atoms with Crippen LogP contribution >= 0.6 is 11.6 Å². The molecule has 0 aromatic heterocycles. The Hall–Kier alpha value is -2.57. The lowest BCUT2D eigenvalue weighted by atomic mass is 10.1. The lowest BCUT2D eigenvalue weighted by molar-refractivity contribution is -0.885. The number of halogens is 1. The number of hydrogen-bond donors (Lipinski definition) is 2. The van der Waals surface area contributed by atoms with E-state index in [0.717, 1.165) is 33.9 Å². The van der Waals surface area contributed by atoms with Crippen molar-refractivity contribution in [2.45, 2.75) is 19.9 Å². The van der Waals surface area contributed by atoms with E-state index in [1.54, 1.807) is 20.2 Å². The number of anilines is 1. The number of aryl methyl sites for hydroxylation is 1. The van der Waals surface area contributed by atoms with Gasteiger partial charge in [0, 0.05) is 23.3 Å². The maximum atomic E-state index is 12.5. The van der Waals surface area contributed by atoms with Gasteiger partial charge in [-0.1, -0.05) is 36.7 Å². The third kappa shape index (κ3) is 6.76. The van der Waals surface area contributed by atoms with Crippen LogP contribution in [0.5, 0.6) is 5.75 Å². The van der Waals surface area contributed by atoms with Crippen LogP contribution in [0.2, 0.25) is 5.02 Å². The number of methoxy groups -OCH3 is 1. The van der Waals surface area contributed by atoms with Gasteiger partial charge in [0.1, 0.15) is 12.3 Å². The molecule has 2 N–H and O–H groups in total. The van der Waals surface area contributed by atoms with E-state index in [1.807, 2.05) is 50.4 Å². The van der Waals surface area contributed by atoms with Crippen LogP contribution in [0.3, 0.4) is 0 Å². The fraction of sp³-hybridized carbons (Fsp3) is 0.364. The number of rotatable bonds is 9. The minimum atomic E-state index is -0.212. The van der Waals surface area contributed by atoms with Gasteiger partial charge in [-0.2, -0.15) is 0 Å². The van der Waals surface area contributed by atoms with Crippen LogP contribution in [-0.2, 0) is 22.6 Å². The molecule has 0 aliphatic rings. The van der Waals surface area contributed by atoms with E-state index in [1.165, 1.54) is 4.90 Å². The molecular weight excluding hydrogens is 390 g/mol. The number of likely N-dealkylation sites (N-methyl/N-ethyl adjacent to an activating group) is 2. The van der Waals surface area contributed by atoms with E-state index >= 15 is 0 Å². The Morgan fingerprint density at radius 2 is 1.90 bits per heavy atom.